The van der Waals surface area contributed by atoms with Crippen molar-refractivity contribution < 1.29 is 32.8 Å². The van der Waals surface area contributed by atoms with E-state index in [4.69, 9.17) is 19.7 Å². The zero-order valence-corrected chi connectivity index (χ0v) is 21.8. The molecule has 0 spiro atoms. The first kappa shape index (κ1) is 32.2. The van der Waals surface area contributed by atoms with Gasteiger partial charge in [-0.3, -0.25) is 13.8 Å². The molecule has 0 aromatic carbocycles. The third kappa shape index (κ3) is 24.2. The van der Waals surface area contributed by atoms with Gasteiger partial charge in [0, 0.05) is 20.1 Å². The first-order chi connectivity index (χ1) is 15.9. The Kier molecular flexibility index (Phi) is 22.5. The minimum atomic E-state index is -4.21. The molecule has 0 aromatic rings. The van der Waals surface area contributed by atoms with Crippen molar-refractivity contribution in [2.24, 2.45) is 5.73 Å². The lowest BCUT2D eigenvalue weighted by Gasteiger charge is -2.19. The molecule has 2 atom stereocenters. The zero-order chi connectivity index (χ0) is 24.6. The summed E-state index contributed by atoms with van der Waals surface area (Å²) in [6.07, 6.45) is 19.9. The van der Waals surface area contributed by atoms with Gasteiger partial charge in [0.2, 0.25) is 0 Å². The zero-order valence-electron chi connectivity index (χ0n) is 20.9. The molecule has 0 aliphatic rings. The molecule has 196 valence electrons. The quantitative estimate of drug-likeness (QED) is 0.0764. The highest BCUT2D eigenvalue weighted by Crippen LogP contribution is 2.43. The van der Waals surface area contributed by atoms with Gasteiger partial charge in [0.1, 0.15) is 6.10 Å². The van der Waals surface area contributed by atoms with Gasteiger partial charge in [0.25, 0.3) is 0 Å². The van der Waals surface area contributed by atoms with E-state index in [1.165, 1.54) is 77.6 Å². The van der Waals surface area contributed by atoms with Gasteiger partial charge in [-0.2, -0.15) is 0 Å². The number of esters is 1. The molecule has 2 unspecified atom stereocenters. The highest BCUT2D eigenvalue weighted by Gasteiger charge is 2.24. The van der Waals surface area contributed by atoms with E-state index < -0.39 is 19.9 Å². The molecule has 0 aliphatic heterocycles. The van der Waals surface area contributed by atoms with Crippen molar-refractivity contribution in [2.45, 2.75) is 103 Å². The third-order valence-electron chi connectivity index (χ3n) is 4.98. The lowest BCUT2D eigenvalue weighted by molar-refractivity contribution is -0.151. The average molecular weight is 494 g/mol. The standard InChI is InChI=1S/C24H48NO7P/c1-3-4-5-6-7-8-9-10-11-12-13-14-15-16-17-19-29-21-24(32-23(2)26)22-31-33(27,28)30-20-18-25/h9-10,24H,3-8,11-22,25H2,1-2H3,(H,27,28)/b10-9-. The number of phosphoric ester groups is 1. The summed E-state index contributed by atoms with van der Waals surface area (Å²) in [6.45, 7) is 3.86. The molecule has 8 nitrogen and oxygen atoms in total. The van der Waals surface area contributed by atoms with Gasteiger partial charge in [-0.1, -0.05) is 70.4 Å². The van der Waals surface area contributed by atoms with Crippen LogP contribution in [0.25, 0.3) is 0 Å². The normalized spacial score (nSPS) is 14.4. The van der Waals surface area contributed by atoms with Crippen LogP contribution in [0.1, 0.15) is 97.3 Å². The van der Waals surface area contributed by atoms with Gasteiger partial charge in [-0.05, 0) is 32.1 Å². The van der Waals surface area contributed by atoms with Crippen LogP contribution in [0.5, 0.6) is 0 Å². The molecule has 0 saturated heterocycles. The van der Waals surface area contributed by atoms with E-state index in [-0.39, 0.29) is 26.4 Å². The van der Waals surface area contributed by atoms with Gasteiger partial charge in [0.05, 0.1) is 19.8 Å². The van der Waals surface area contributed by atoms with Crippen molar-refractivity contribution in [3.8, 4) is 0 Å². The van der Waals surface area contributed by atoms with E-state index >= 15 is 0 Å². The predicted octanol–water partition coefficient (Wildman–Crippen LogP) is 5.67. The van der Waals surface area contributed by atoms with E-state index in [9.17, 15) is 14.3 Å². The Morgan fingerprint density at radius 1 is 0.879 bits per heavy atom. The van der Waals surface area contributed by atoms with Crippen LogP contribution in [-0.4, -0.2) is 49.9 Å². The Bertz CT molecular complexity index is 531. The van der Waals surface area contributed by atoms with Crippen molar-refractivity contribution in [2.75, 3.05) is 33.0 Å². The maximum atomic E-state index is 11.7. The van der Waals surface area contributed by atoms with Gasteiger partial charge < -0.3 is 20.1 Å². The third-order valence-corrected chi connectivity index (χ3v) is 5.97. The molecule has 33 heavy (non-hydrogen) atoms. The Hall–Kier alpha value is -0.760. The number of carbonyl (C=O) groups is 1. The highest BCUT2D eigenvalue weighted by molar-refractivity contribution is 7.47. The highest BCUT2D eigenvalue weighted by atomic mass is 31.2. The van der Waals surface area contributed by atoms with E-state index in [0.29, 0.717) is 6.61 Å². The summed E-state index contributed by atoms with van der Waals surface area (Å²) in [6, 6.07) is 0. The number of carbonyl (C=O) groups excluding carboxylic acids is 1. The number of hydrogen-bond acceptors (Lipinski definition) is 7. The van der Waals surface area contributed by atoms with Gasteiger partial charge in [-0.25, -0.2) is 4.57 Å². The largest absolute Gasteiger partial charge is 0.472 e. The van der Waals surface area contributed by atoms with Crippen LogP contribution in [0.2, 0.25) is 0 Å². The van der Waals surface area contributed by atoms with Crippen LogP contribution in [0.3, 0.4) is 0 Å². The summed E-state index contributed by atoms with van der Waals surface area (Å²) in [5.41, 5.74) is 5.23. The minimum Gasteiger partial charge on any atom is -0.458 e. The molecule has 9 heteroatoms. The maximum absolute atomic E-state index is 11.7. The average Bonchev–Trinajstić information content (AvgIpc) is 2.77. The number of hydrogen-bond donors (Lipinski definition) is 2. The van der Waals surface area contributed by atoms with Crippen LogP contribution in [0.15, 0.2) is 12.2 Å². The Balaban J connectivity index is 3.67. The number of ether oxygens (including phenoxy) is 2. The molecule has 0 aliphatic carbocycles. The molecular weight excluding hydrogens is 445 g/mol. The fraction of sp³-hybridized carbons (Fsp3) is 0.875. The summed E-state index contributed by atoms with van der Waals surface area (Å²) in [5.74, 6) is -0.510. The molecule has 0 heterocycles. The van der Waals surface area contributed by atoms with Gasteiger partial charge >= 0.3 is 13.8 Å². The molecule has 3 N–H and O–H groups in total. The topological polar surface area (TPSA) is 117 Å². The maximum Gasteiger partial charge on any atom is 0.472 e. The Morgan fingerprint density at radius 3 is 2.03 bits per heavy atom. The molecule has 0 saturated carbocycles. The number of nitrogens with two attached hydrogens (primary N) is 1. The fourth-order valence-corrected chi connectivity index (χ4v) is 3.99. The van der Waals surface area contributed by atoms with Gasteiger partial charge in [-0.15, -0.1) is 0 Å². The lowest BCUT2D eigenvalue weighted by Crippen LogP contribution is -2.27. The first-order valence-corrected chi connectivity index (χ1v) is 14.1. The second-order valence-corrected chi connectivity index (χ2v) is 9.73. The van der Waals surface area contributed by atoms with Gasteiger partial charge in [0.15, 0.2) is 0 Å². The molecule has 0 amide bonds. The van der Waals surface area contributed by atoms with Crippen LogP contribution < -0.4 is 5.73 Å². The number of rotatable bonds is 24. The van der Waals surface area contributed by atoms with Crippen LogP contribution >= 0.6 is 7.82 Å². The van der Waals surface area contributed by atoms with Crippen LogP contribution in [-0.2, 0) is 27.9 Å². The Morgan fingerprint density at radius 2 is 1.45 bits per heavy atom. The minimum absolute atomic E-state index is 0.0979. The summed E-state index contributed by atoms with van der Waals surface area (Å²) in [4.78, 5) is 20.7. The summed E-state index contributed by atoms with van der Waals surface area (Å²) in [5, 5.41) is 0. The molecule has 0 aromatic heterocycles. The lowest BCUT2D eigenvalue weighted by atomic mass is 10.1. The van der Waals surface area contributed by atoms with Crippen molar-refractivity contribution in [3.05, 3.63) is 12.2 Å². The molecule has 0 fully saturated rings. The van der Waals surface area contributed by atoms with E-state index in [1.807, 2.05) is 0 Å². The number of allylic oxidation sites excluding steroid dienone is 2. The molecular formula is C24H48NO7P. The second-order valence-electron chi connectivity index (χ2n) is 8.28. The second kappa shape index (κ2) is 23.0. The summed E-state index contributed by atoms with van der Waals surface area (Å²) < 4.78 is 31.8. The van der Waals surface area contributed by atoms with Crippen LogP contribution in [0, 0.1) is 0 Å². The van der Waals surface area contributed by atoms with Crippen molar-refractivity contribution >= 4 is 13.8 Å². The first-order valence-electron chi connectivity index (χ1n) is 12.6. The van der Waals surface area contributed by atoms with Crippen molar-refractivity contribution in [3.63, 3.8) is 0 Å². The SMILES string of the molecule is CCCCCCC/C=C\CCCCCCCCOCC(COP(=O)(O)OCCN)OC(C)=O. The van der Waals surface area contributed by atoms with E-state index in [2.05, 4.69) is 23.6 Å². The van der Waals surface area contributed by atoms with Crippen LogP contribution in [0.4, 0.5) is 0 Å². The van der Waals surface area contributed by atoms with Crippen molar-refractivity contribution in [1.82, 2.24) is 0 Å². The predicted molar refractivity (Wildman–Crippen MR) is 132 cm³/mol. The van der Waals surface area contributed by atoms with E-state index in [0.717, 1.165) is 12.8 Å². The molecule has 0 bridgehead atoms. The monoisotopic (exact) mass is 493 g/mol. The fourth-order valence-electron chi connectivity index (χ4n) is 3.22. The summed E-state index contributed by atoms with van der Waals surface area (Å²) in [7, 11) is -4.21. The van der Waals surface area contributed by atoms with E-state index in [1.54, 1.807) is 0 Å². The van der Waals surface area contributed by atoms with Crippen molar-refractivity contribution in [1.29, 1.82) is 0 Å². The summed E-state index contributed by atoms with van der Waals surface area (Å²) >= 11 is 0. The Labute approximate surface area is 201 Å². The molecule has 0 radical (unpaired) electrons. The molecule has 0 rings (SSSR count). The smallest absolute Gasteiger partial charge is 0.458 e. The number of phosphoric acid groups is 1. The number of unbranched alkanes of at least 4 members (excludes halogenated alkanes) is 11.